The lowest BCUT2D eigenvalue weighted by atomic mass is 10.2. The van der Waals surface area contributed by atoms with Gasteiger partial charge in [-0.05, 0) is 24.1 Å². The van der Waals surface area contributed by atoms with Gasteiger partial charge in [0.1, 0.15) is 0 Å². The minimum absolute atomic E-state index is 0.633. The lowest BCUT2D eigenvalue weighted by molar-refractivity contribution is 0.675. The van der Waals surface area contributed by atoms with Crippen molar-refractivity contribution in [2.45, 2.75) is 20.0 Å². The molecule has 1 heterocycles. The topological polar surface area (TPSA) is 17.0 Å². The normalized spacial score (nSPS) is 10.5. The molecule has 0 aliphatic heterocycles. The minimum Gasteiger partial charge on any atom is -0.332 e. The van der Waals surface area contributed by atoms with Crippen molar-refractivity contribution in [3.8, 4) is 12.3 Å². The zero-order valence-corrected chi connectivity index (χ0v) is 9.53. The molecule has 0 aliphatic carbocycles. The highest BCUT2D eigenvalue weighted by Gasteiger charge is 2.06. The highest BCUT2D eigenvalue weighted by molar-refractivity contribution is 5.81. The van der Waals surface area contributed by atoms with E-state index in [1.807, 2.05) is 6.07 Å². The molecular weight excluding hydrogens is 196 g/mol. The van der Waals surface area contributed by atoms with Gasteiger partial charge in [-0.1, -0.05) is 31.0 Å². The molecule has 0 amide bonds. The van der Waals surface area contributed by atoms with E-state index in [4.69, 9.17) is 6.42 Å². The van der Waals surface area contributed by atoms with E-state index in [2.05, 4.69) is 47.0 Å². The summed E-state index contributed by atoms with van der Waals surface area (Å²) in [5, 5.41) is 4.59. The van der Waals surface area contributed by atoms with Crippen LogP contribution in [0.3, 0.4) is 0 Å². The summed E-state index contributed by atoms with van der Waals surface area (Å²) in [7, 11) is 0. The van der Waals surface area contributed by atoms with Crippen molar-refractivity contribution >= 4 is 10.9 Å². The maximum Gasteiger partial charge on any atom is 0.0838 e. The number of nitrogens with zero attached hydrogens (tertiary/aromatic N) is 1. The van der Waals surface area contributed by atoms with E-state index in [1.54, 1.807) is 0 Å². The highest BCUT2D eigenvalue weighted by atomic mass is 15.0. The molecule has 1 N–H and O–H groups in total. The molecule has 0 spiro atoms. The first-order valence-electron chi connectivity index (χ1n) is 5.58. The Kier molecular flexibility index (Phi) is 3.28. The van der Waals surface area contributed by atoms with E-state index in [-0.39, 0.29) is 0 Å². The molecule has 2 nitrogen and oxygen atoms in total. The minimum atomic E-state index is 0.633. The second-order valence-electron chi connectivity index (χ2n) is 3.77. The summed E-state index contributed by atoms with van der Waals surface area (Å²) < 4.78 is 2.19. The van der Waals surface area contributed by atoms with Gasteiger partial charge in [0.2, 0.25) is 0 Å². The summed E-state index contributed by atoms with van der Waals surface area (Å²) in [5.74, 6) is 2.71. The van der Waals surface area contributed by atoms with E-state index in [0.29, 0.717) is 6.54 Å². The lowest BCUT2D eigenvalue weighted by Gasteiger charge is -2.07. The van der Waals surface area contributed by atoms with Gasteiger partial charge in [0.25, 0.3) is 0 Å². The van der Waals surface area contributed by atoms with Crippen molar-refractivity contribution in [2.24, 2.45) is 0 Å². The maximum atomic E-state index is 5.42. The maximum absolute atomic E-state index is 5.42. The Morgan fingerprint density at radius 1 is 1.38 bits per heavy atom. The molecule has 1 aromatic heterocycles. The zero-order chi connectivity index (χ0) is 11.4. The van der Waals surface area contributed by atoms with Crippen LogP contribution in [0.25, 0.3) is 10.9 Å². The lowest BCUT2D eigenvalue weighted by Crippen LogP contribution is -2.15. The van der Waals surface area contributed by atoms with Crippen LogP contribution in [0.1, 0.15) is 12.6 Å². The number of hydrogen-bond donors (Lipinski definition) is 1. The SMILES string of the molecule is C#CCn1c(CNCC)cc2ccccc21. The first-order chi connectivity index (χ1) is 7.86. The number of aromatic nitrogens is 1. The van der Waals surface area contributed by atoms with Gasteiger partial charge in [-0.3, -0.25) is 0 Å². The molecule has 2 heteroatoms. The average molecular weight is 212 g/mol. The predicted octanol–water partition coefficient (Wildman–Crippen LogP) is 2.38. The van der Waals surface area contributed by atoms with Gasteiger partial charge in [0.05, 0.1) is 6.54 Å². The van der Waals surface area contributed by atoms with Crippen LogP contribution in [0, 0.1) is 12.3 Å². The van der Waals surface area contributed by atoms with Crippen LogP contribution in [-0.2, 0) is 13.1 Å². The zero-order valence-electron chi connectivity index (χ0n) is 9.53. The van der Waals surface area contributed by atoms with Crippen LogP contribution < -0.4 is 5.32 Å². The second-order valence-corrected chi connectivity index (χ2v) is 3.77. The largest absolute Gasteiger partial charge is 0.332 e. The highest BCUT2D eigenvalue weighted by Crippen LogP contribution is 2.19. The molecule has 2 rings (SSSR count). The number of fused-ring (bicyclic) bond motifs is 1. The van der Waals surface area contributed by atoms with Crippen molar-refractivity contribution in [1.82, 2.24) is 9.88 Å². The summed E-state index contributed by atoms with van der Waals surface area (Å²) in [4.78, 5) is 0. The predicted molar refractivity (Wildman–Crippen MR) is 68.2 cm³/mol. The number of rotatable bonds is 4. The molecule has 0 fully saturated rings. The second kappa shape index (κ2) is 4.87. The summed E-state index contributed by atoms with van der Waals surface area (Å²) in [6.07, 6.45) is 5.42. The Labute approximate surface area is 96.3 Å². The van der Waals surface area contributed by atoms with E-state index < -0.39 is 0 Å². The van der Waals surface area contributed by atoms with Crippen LogP contribution in [0.5, 0.6) is 0 Å². The van der Waals surface area contributed by atoms with Crippen LogP contribution in [-0.4, -0.2) is 11.1 Å². The van der Waals surface area contributed by atoms with Gasteiger partial charge in [0.15, 0.2) is 0 Å². The smallest absolute Gasteiger partial charge is 0.0838 e. The fourth-order valence-corrected chi connectivity index (χ4v) is 1.95. The molecule has 0 bridgehead atoms. The number of nitrogens with one attached hydrogen (secondary N) is 1. The monoisotopic (exact) mass is 212 g/mol. The van der Waals surface area contributed by atoms with E-state index >= 15 is 0 Å². The fraction of sp³-hybridized carbons (Fsp3) is 0.286. The Morgan fingerprint density at radius 3 is 2.94 bits per heavy atom. The van der Waals surface area contributed by atoms with Crippen LogP contribution in [0.2, 0.25) is 0 Å². The molecule has 16 heavy (non-hydrogen) atoms. The molecule has 0 saturated carbocycles. The Balaban J connectivity index is 2.46. The summed E-state index contributed by atoms with van der Waals surface area (Å²) in [6, 6.07) is 10.5. The van der Waals surface area contributed by atoms with Gasteiger partial charge < -0.3 is 9.88 Å². The third-order valence-corrected chi connectivity index (χ3v) is 2.70. The summed E-state index contributed by atoms with van der Waals surface area (Å²) in [5.41, 5.74) is 2.47. The van der Waals surface area contributed by atoms with E-state index in [9.17, 15) is 0 Å². The number of terminal acetylenes is 1. The van der Waals surface area contributed by atoms with Crippen molar-refractivity contribution < 1.29 is 0 Å². The molecule has 2 aromatic rings. The third-order valence-electron chi connectivity index (χ3n) is 2.70. The molecule has 0 unspecified atom stereocenters. The average Bonchev–Trinajstić information content (AvgIpc) is 2.66. The van der Waals surface area contributed by atoms with Crippen molar-refractivity contribution in [1.29, 1.82) is 0 Å². The van der Waals surface area contributed by atoms with Gasteiger partial charge in [-0.25, -0.2) is 0 Å². The third kappa shape index (κ3) is 1.95. The molecule has 0 radical (unpaired) electrons. The first kappa shape index (κ1) is 10.8. The first-order valence-corrected chi connectivity index (χ1v) is 5.58. The number of para-hydroxylation sites is 1. The molecule has 0 atom stereocenters. The Bertz CT molecular complexity index is 517. The van der Waals surface area contributed by atoms with Gasteiger partial charge in [-0.2, -0.15) is 0 Å². The van der Waals surface area contributed by atoms with Crippen LogP contribution in [0.4, 0.5) is 0 Å². The molecule has 1 aromatic carbocycles. The van der Waals surface area contributed by atoms with Crippen molar-refractivity contribution in [3.63, 3.8) is 0 Å². The van der Waals surface area contributed by atoms with Crippen molar-refractivity contribution in [2.75, 3.05) is 6.54 Å². The van der Waals surface area contributed by atoms with Crippen LogP contribution in [0.15, 0.2) is 30.3 Å². The van der Waals surface area contributed by atoms with E-state index in [1.165, 1.54) is 16.6 Å². The molecular formula is C14H16N2. The Hall–Kier alpha value is -1.72. The quantitative estimate of drug-likeness (QED) is 0.770. The molecule has 0 saturated heterocycles. The number of benzene rings is 1. The van der Waals surface area contributed by atoms with E-state index in [0.717, 1.165) is 13.1 Å². The number of hydrogen-bond acceptors (Lipinski definition) is 1. The molecule has 82 valence electrons. The summed E-state index contributed by atoms with van der Waals surface area (Å²) >= 11 is 0. The standard InChI is InChI=1S/C14H16N2/c1-3-9-16-13(11-15-4-2)10-12-7-5-6-8-14(12)16/h1,5-8,10,15H,4,9,11H2,2H3. The van der Waals surface area contributed by atoms with Crippen molar-refractivity contribution in [3.05, 3.63) is 36.0 Å². The molecule has 0 aliphatic rings. The van der Waals surface area contributed by atoms with Gasteiger partial charge in [0, 0.05) is 17.8 Å². The summed E-state index contributed by atoms with van der Waals surface area (Å²) in [6.45, 7) is 4.58. The Morgan fingerprint density at radius 2 is 2.19 bits per heavy atom. The van der Waals surface area contributed by atoms with Gasteiger partial charge >= 0.3 is 0 Å². The fourth-order valence-electron chi connectivity index (χ4n) is 1.95. The van der Waals surface area contributed by atoms with Gasteiger partial charge in [-0.15, -0.1) is 6.42 Å². The van der Waals surface area contributed by atoms with Crippen LogP contribution >= 0.6 is 0 Å².